The minimum atomic E-state index is 0.575. The maximum absolute atomic E-state index is 5.85. The van der Waals surface area contributed by atoms with Crippen molar-refractivity contribution < 1.29 is 9.47 Å². The van der Waals surface area contributed by atoms with Crippen LogP contribution in [0.4, 0.5) is 5.69 Å². The summed E-state index contributed by atoms with van der Waals surface area (Å²) in [7, 11) is 0. The average molecular weight is 353 g/mol. The van der Waals surface area contributed by atoms with Crippen molar-refractivity contribution in [2.24, 2.45) is 0 Å². The molecule has 136 valence electrons. The zero-order chi connectivity index (χ0) is 18.2. The molecule has 0 unspecified atom stereocenters. The predicted octanol–water partition coefficient (Wildman–Crippen LogP) is 3.89. The Balaban J connectivity index is 1.55. The molecule has 3 aromatic rings. The largest absolute Gasteiger partial charge is 0.494 e. The fraction of sp³-hybridized carbons (Fsp3) is 0.316. The number of nitrogens with zero attached hydrogens (tertiary/aromatic N) is 4. The smallest absolute Gasteiger partial charge is 0.170 e. The van der Waals surface area contributed by atoms with Gasteiger partial charge in [0.1, 0.15) is 17.2 Å². The molecule has 26 heavy (non-hydrogen) atoms. The van der Waals surface area contributed by atoms with Crippen LogP contribution in [0, 0.1) is 0 Å². The normalized spacial score (nSPS) is 10.5. The molecule has 0 spiro atoms. The first kappa shape index (κ1) is 17.7. The summed E-state index contributed by atoms with van der Waals surface area (Å²) < 4.78 is 13.1. The Labute approximate surface area is 152 Å². The summed E-state index contributed by atoms with van der Waals surface area (Å²) in [5.74, 6) is 3.20. The van der Waals surface area contributed by atoms with Gasteiger partial charge in [-0.05, 0) is 72.3 Å². The highest BCUT2D eigenvalue weighted by molar-refractivity contribution is 5.47. The van der Waals surface area contributed by atoms with E-state index in [4.69, 9.17) is 9.47 Å². The number of aromatic nitrogens is 4. The molecular formula is C19H23N5O2. The molecule has 0 bridgehead atoms. The van der Waals surface area contributed by atoms with Crippen LogP contribution in [0.15, 0.2) is 48.5 Å². The Morgan fingerprint density at radius 3 is 2.23 bits per heavy atom. The quantitative estimate of drug-likeness (QED) is 0.629. The van der Waals surface area contributed by atoms with E-state index >= 15 is 0 Å². The first-order valence-electron chi connectivity index (χ1n) is 8.78. The monoisotopic (exact) mass is 353 g/mol. The summed E-state index contributed by atoms with van der Waals surface area (Å²) >= 11 is 0. The summed E-state index contributed by atoms with van der Waals surface area (Å²) in [5.41, 5.74) is 0.982. The Hall–Kier alpha value is -3.09. The van der Waals surface area contributed by atoms with Crippen LogP contribution < -0.4 is 14.8 Å². The van der Waals surface area contributed by atoms with Gasteiger partial charge in [-0.2, -0.15) is 0 Å². The summed E-state index contributed by atoms with van der Waals surface area (Å²) in [4.78, 5) is 0. The van der Waals surface area contributed by atoms with Gasteiger partial charge in [0.05, 0.1) is 13.2 Å². The Morgan fingerprint density at radius 1 is 0.923 bits per heavy atom. The molecule has 1 N–H and O–H groups in total. The zero-order valence-electron chi connectivity index (χ0n) is 15.1. The fourth-order valence-corrected chi connectivity index (χ4v) is 2.46. The maximum atomic E-state index is 5.85. The third-order valence-electron chi connectivity index (χ3n) is 3.72. The van der Waals surface area contributed by atoms with Crippen molar-refractivity contribution in [2.45, 2.75) is 33.4 Å². The summed E-state index contributed by atoms with van der Waals surface area (Å²) in [6.45, 7) is 6.11. The number of hydrogen-bond donors (Lipinski definition) is 1. The molecule has 0 aliphatic carbocycles. The highest BCUT2D eigenvalue weighted by Gasteiger charge is 2.05. The van der Waals surface area contributed by atoms with E-state index in [9.17, 15) is 0 Å². The number of rotatable bonds is 9. The van der Waals surface area contributed by atoms with Gasteiger partial charge in [0.2, 0.25) is 0 Å². The molecule has 3 rings (SSSR count). The highest BCUT2D eigenvalue weighted by atomic mass is 16.5. The lowest BCUT2D eigenvalue weighted by Gasteiger charge is -2.09. The Kier molecular flexibility index (Phi) is 6.03. The van der Waals surface area contributed by atoms with Gasteiger partial charge in [-0.1, -0.05) is 6.92 Å². The number of hydrogen-bond acceptors (Lipinski definition) is 6. The number of anilines is 1. The molecule has 0 fully saturated rings. The van der Waals surface area contributed by atoms with Crippen molar-refractivity contribution in [3.05, 3.63) is 54.4 Å². The van der Waals surface area contributed by atoms with E-state index in [1.807, 2.05) is 60.1 Å². The molecule has 2 aromatic carbocycles. The highest BCUT2D eigenvalue weighted by Crippen LogP contribution is 2.25. The average Bonchev–Trinajstić information content (AvgIpc) is 3.11. The molecule has 7 nitrogen and oxygen atoms in total. The van der Waals surface area contributed by atoms with Crippen molar-refractivity contribution in [3.8, 4) is 17.2 Å². The lowest BCUT2D eigenvalue weighted by Crippen LogP contribution is -2.10. The second kappa shape index (κ2) is 8.84. The maximum Gasteiger partial charge on any atom is 0.170 e. The molecule has 0 amide bonds. The van der Waals surface area contributed by atoms with Gasteiger partial charge in [-0.3, -0.25) is 0 Å². The molecule has 0 aliphatic heterocycles. The number of ether oxygens (including phenoxy) is 2. The Bertz CT molecular complexity index is 800. The van der Waals surface area contributed by atoms with E-state index in [-0.39, 0.29) is 0 Å². The lowest BCUT2D eigenvalue weighted by molar-refractivity contribution is 0.339. The third kappa shape index (κ3) is 4.72. The van der Waals surface area contributed by atoms with Gasteiger partial charge >= 0.3 is 0 Å². The van der Waals surface area contributed by atoms with E-state index in [0.717, 1.165) is 41.7 Å². The topological polar surface area (TPSA) is 74.1 Å². The molecule has 0 radical (unpaired) electrons. The van der Waals surface area contributed by atoms with Crippen LogP contribution in [-0.2, 0) is 13.1 Å². The van der Waals surface area contributed by atoms with Crippen molar-refractivity contribution in [1.82, 2.24) is 20.2 Å². The van der Waals surface area contributed by atoms with Gasteiger partial charge in [0.15, 0.2) is 5.82 Å². The van der Waals surface area contributed by atoms with Gasteiger partial charge in [-0.15, -0.1) is 5.10 Å². The van der Waals surface area contributed by atoms with Gasteiger partial charge in [0, 0.05) is 12.2 Å². The van der Waals surface area contributed by atoms with E-state index in [2.05, 4.69) is 27.8 Å². The van der Waals surface area contributed by atoms with Crippen LogP contribution >= 0.6 is 0 Å². The molecule has 0 atom stereocenters. The SMILES string of the molecule is CCCn1nnnc1CNc1ccc(Oc2ccc(OCC)cc2)cc1. The second-order valence-corrected chi connectivity index (χ2v) is 5.70. The van der Waals surface area contributed by atoms with Crippen LogP contribution in [0.25, 0.3) is 0 Å². The summed E-state index contributed by atoms with van der Waals surface area (Å²) in [6.07, 6.45) is 0.996. The molecular weight excluding hydrogens is 330 g/mol. The van der Waals surface area contributed by atoms with Crippen LogP contribution in [0.2, 0.25) is 0 Å². The zero-order valence-corrected chi connectivity index (χ0v) is 15.1. The van der Waals surface area contributed by atoms with Crippen LogP contribution in [0.1, 0.15) is 26.1 Å². The fourth-order valence-electron chi connectivity index (χ4n) is 2.46. The molecule has 7 heteroatoms. The van der Waals surface area contributed by atoms with Crippen molar-refractivity contribution in [2.75, 3.05) is 11.9 Å². The molecule has 0 saturated heterocycles. The van der Waals surface area contributed by atoms with E-state index in [0.29, 0.717) is 13.2 Å². The lowest BCUT2D eigenvalue weighted by atomic mass is 10.3. The van der Waals surface area contributed by atoms with Crippen LogP contribution in [-0.4, -0.2) is 26.8 Å². The van der Waals surface area contributed by atoms with Crippen LogP contribution in [0.5, 0.6) is 17.2 Å². The van der Waals surface area contributed by atoms with Gasteiger partial charge < -0.3 is 14.8 Å². The van der Waals surface area contributed by atoms with Crippen molar-refractivity contribution >= 4 is 5.69 Å². The first-order valence-corrected chi connectivity index (χ1v) is 8.78. The van der Waals surface area contributed by atoms with Crippen LogP contribution in [0.3, 0.4) is 0 Å². The van der Waals surface area contributed by atoms with E-state index in [1.54, 1.807) is 0 Å². The number of aryl methyl sites for hydroxylation is 1. The minimum Gasteiger partial charge on any atom is -0.494 e. The molecule has 1 heterocycles. The van der Waals surface area contributed by atoms with E-state index in [1.165, 1.54) is 0 Å². The first-order chi connectivity index (χ1) is 12.8. The number of benzene rings is 2. The third-order valence-corrected chi connectivity index (χ3v) is 3.72. The van der Waals surface area contributed by atoms with Gasteiger partial charge in [-0.25, -0.2) is 4.68 Å². The molecule has 0 aliphatic rings. The number of tetrazole rings is 1. The van der Waals surface area contributed by atoms with Crippen molar-refractivity contribution in [1.29, 1.82) is 0 Å². The van der Waals surface area contributed by atoms with Crippen molar-refractivity contribution in [3.63, 3.8) is 0 Å². The summed E-state index contributed by atoms with van der Waals surface area (Å²) in [6, 6.07) is 15.4. The second-order valence-electron chi connectivity index (χ2n) is 5.70. The molecule has 0 saturated carbocycles. The number of nitrogens with one attached hydrogen (secondary N) is 1. The minimum absolute atomic E-state index is 0.575. The summed E-state index contributed by atoms with van der Waals surface area (Å²) in [5, 5.41) is 15.1. The van der Waals surface area contributed by atoms with Gasteiger partial charge in [0.25, 0.3) is 0 Å². The van der Waals surface area contributed by atoms with E-state index < -0.39 is 0 Å². The predicted molar refractivity (Wildman–Crippen MR) is 99.6 cm³/mol. The molecule has 1 aromatic heterocycles. The standard InChI is InChI=1S/C19H23N5O2/c1-3-13-24-19(21-22-23-24)14-20-15-5-7-17(8-6-15)26-18-11-9-16(10-12-18)25-4-2/h5-12,20H,3-4,13-14H2,1-2H3. The Morgan fingerprint density at radius 2 is 1.58 bits per heavy atom.